The lowest BCUT2D eigenvalue weighted by atomic mass is 10.2. The minimum absolute atomic E-state index is 0.106. The summed E-state index contributed by atoms with van der Waals surface area (Å²) in [6.45, 7) is 1.63. The molecule has 1 N–H and O–H groups in total. The summed E-state index contributed by atoms with van der Waals surface area (Å²) in [5, 5.41) is 4.78. The average molecular weight is 306 g/mol. The molecule has 0 saturated heterocycles. The summed E-state index contributed by atoms with van der Waals surface area (Å²) in [5.41, 5.74) is 3.24. The molecular formula is C15H18N2O3S. The molecule has 5 nitrogen and oxygen atoms in total. The average Bonchev–Trinajstić information content (AvgIpc) is 3.03. The molecule has 112 valence electrons. The number of aromatic nitrogens is 1. The van der Waals surface area contributed by atoms with E-state index in [1.54, 1.807) is 30.8 Å². The highest BCUT2D eigenvalue weighted by Gasteiger charge is 2.06. The molecule has 0 aliphatic carbocycles. The zero-order valence-electron chi connectivity index (χ0n) is 11.9. The normalized spacial score (nSPS) is 10.3. The smallest absolute Gasteiger partial charge is 0.251 e. The number of nitrogens with one attached hydrogen (secondary N) is 1. The third kappa shape index (κ3) is 5.17. The summed E-state index contributed by atoms with van der Waals surface area (Å²) in [6, 6.07) is 7.13. The van der Waals surface area contributed by atoms with Gasteiger partial charge in [0.25, 0.3) is 5.91 Å². The molecule has 0 saturated carbocycles. The third-order valence-corrected chi connectivity index (χ3v) is 3.41. The van der Waals surface area contributed by atoms with Gasteiger partial charge in [-0.25, -0.2) is 4.98 Å². The highest BCUT2D eigenvalue weighted by molar-refractivity contribution is 7.07. The highest BCUT2D eigenvalue weighted by Crippen LogP contribution is 2.15. The van der Waals surface area contributed by atoms with Crippen LogP contribution < -0.4 is 10.1 Å². The standard InChI is InChI=1S/C15H18N2O3S/c1-19-7-3-6-16-15(18)12-4-2-5-14(8-12)20-9-13-10-21-11-17-13/h2,4-5,8,10-11H,3,6-7,9H2,1H3,(H,16,18). The second-order valence-corrected chi connectivity index (χ2v) is 5.12. The first kappa shape index (κ1) is 15.5. The SMILES string of the molecule is COCCCNC(=O)c1cccc(OCc2cscn2)c1. The van der Waals surface area contributed by atoms with Crippen molar-refractivity contribution in [2.24, 2.45) is 0 Å². The summed E-state index contributed by atoms with van der Waals surface area (Å²) < 4.78 is 10.6. The fourth-order valence-electron chi connectivity index (χ4n) is 1.71. The van der Waals surface area contributed by atoms with Gasteiger partial charge in [0.15, 0.2) is 0 Å². The number of nitrogens with zero attached hydrogens (tertiary/aromatic N) is 1. The van der Waals surface area contributed by atoms with E-state index in [1.165, 1.54) is 11.3 Å². The molecule has 0 fully saturated rings. The maximum absolute atomic E-state index is 12.0. The molecule has 1 aromatic heterocycles. The van der Waals surface area contributed by atoms with Crippen LogP contribution in [0.5, 0.6) is 5.75 Å². The van der Waals surface area contributed by atoms with Crippen molar-refractivity contribution in [3.05, 3.63) is 46.4 Å². The predicted octanol–water partition coefficient (Wildman–Crippen LogP) is 2.49. The number of carbonyl (C=O) groups excluding carboxylic acids is 1. The minimum atomic E-state index is -0.106. The fraction of sp³-hybridized carbons (Fsp3) is 0.333. The van der Waals surface area contributed by atoms with E-state index in [9.17, 15) is 4.79 Å². The maximum atomic E-state index is 12.0. The molecule has 0 unspecified atom stereocenters. The number of carbonyl (C=O) groups is 1. The largest absolute Gasteiger partial charge is 0.487 e. The number of hydrogen-bond acceptors (Lipinski definition) is 5. The minimum Gasteiger partial charge on any atom is -0.487 e. The van der Waals surface area contributed by atoms with E-state index < -0.39 is 0 Å². The zero-order valence-corrected chi connectivity index (χ0v) is 12.7. The lowest BCUT2D eigenvalue weighted by Crippen LogP contribution is -2.25. The summed E-state index contributed by atoms with van der Waals surface area (Å²) in [7, 11) is 1.64. The van der Waals surface area contributed by atoms with E-state index in [0.717, 1.165) is 12.1 Å². The molecule has 0 bridgehead atoms. The van der Waals surface area contributed by atoms with Crippen molar-refractivity contribution in [3.8, 4) is 5.75 Å². The van der Waals surface area contributed by atoms with Crippen LogP contribution in [0, 0.1) is 0 Å². The van der Waals surface area contributed by atoms with Gasteiger partial charge in [0.1, 0.15) is 12.4 Å². The first-order valence-corrected chi connectivity index (χ1v) is 7.61. The van der Waals surface area contributed by atoms with Gasteiger partial charge in [-0.15, -0.1) is 11.3 Å². The van der Waals surface area contributed by atoms with Crippen LogP contribution in [0.4, 0.5) is 0 Å². The van der Waals surface area contributed by atoms with E-state index in [1.807, 2.05) is 11.4 Å². The number of amides is 1. The second kappa shape index (κ2) is 8.39. The molecule has 0 spiro atoms. The molecule has 2 aromatic rings. The monoisotopic (exact) mass is 306 g/mol. The van der Waals surface area contributed by atoms with Gasteiger partial charge in [-0.05, 0) is 24.6 Å². The Hall–Kier alpha value is -1.92. The third-order valence-electron chi connectivity index (χ3n) is 2.78. The van der Waals surface area contributed by atoms with E-state index >= 15 is 0 Å². The number of benzene rings is 1. The molecule has 0 atom stereocenters. The van der Waals surface area contributed by atoms with Crippen molar-refractivity contribution >= 4 is 17.2 Å². The number of rotatable bonds is 8. The highest BCUT2D eigenvalue weighted by atomic mass is 32.1. The molecular weight excluding hydrogens is 288 g/mol. The van der Waals surface area contributed by atoms with Gasteiger partial charge in [-0.1, -0.05) is 6.07 Å². The first-order chi connectivity index (χ1) is 10.3. The summed E-state index contributed by atoms with van der Waals surface area (Å²) in [5.74, 6) is 0.553. The van der Waals surface area contributed by atoms with Crippen molar-refractivity contribution in [2.75, 3.05) is 20.3 Å². The molecule has 1 heterocycles. The van der Waals surface area contributed by atoms with Crippen LogP contribution >= 0.6 is 11.3 Å². The van der Waals surface area contributed by atoms with Crippen LogP contribution in [-0.4, -0.2) is 31.2 Å². The number of methoxy groups -OCH3 is 1. The summed E-state index contributed by atoms with van der Waals surface area (Å²) >= 11 is 1.53. The fourth-order valence-corrected chi connectivity index (χ4v) is 2.26. The predicted molar refractivity (Wildman–Crippen MR) is 81.7 cm³/mol. The van der Waals surface area contributed by atoms with Crippen LogP contribution in [0.25, 0.3) is 0 Å². The van der Waals surface area contributed by atoms with Crippen LogP contribution in [-0.2, 0) is 11.3 Å². The van der Waals surface area contributed by atoms with Gasteiger partial charge in [-0.2, -0.15) is 0 Å². The van der Waals surface area contributed by atoms with Crippen LogP contribution in [0.1, 0.15) is 22.5 Å². The Bertz CT molecular complexity index is 558. The molecule has 1 aromatic carbocycles. The van der Waals surface area contributed by atoms with Gasteiger partial charge < -0.3 is 14.8 Å². The van der Waals surface area contributed by atoms with Crippen molar-refractivity contribution in [2.45, 2.75) is 13.0 Å². The topological polar surface area (TPSA) is 60.5 Å². The van der Waals surface area contributed by atoms with Gasteiger partial charge in [0, 0.05) is 31.2 Å². The zero-order chi connectivity index (χ0) is 14.9. The quantitative estimate of drug-likeness (QED) is 0.761. The Morgan fingerprint density at radius 1 is 1.43 bits per heavy atom. The Balaban J connectivity index is 1.86. The van der Waals surface area contributed by atoms with Crippen molar-refractivity contribution in [1.29, 1.82) is 0 Å². The van der Waals surface area contributed by atoms with Crippen LogP contribution in [0.15, 0.2) is 35.2 Å². The Morgan fingerprint density at radius 3 is 3.10 bits per heavy atom. The number of ether oxygens (including phenoxy) is 2. The Labute approximate surface area is 127 Å². The molecule has 1 amide bonds. The number of thiazole rings is 1. The van der Waals surface area contributed by atoms with E-state index in [-0.39, 0.29) is 5.91 Å². The van der Waals surface area contributed by atoms with Crippen molar-refractivity contribution in [3.63, 3.8) is 0 Å². The maximum Gasteiger partial charge on any atom is 0.251 e. The summed E-state index contributed by atoms with van der Waals surface area (Å²) in [6.07, 6.45) is 0.794. The number of hydrogen-bond donors (Lipinski definition) is 1. The van der Waals surface area contributed by atoms with E-state index in [2.05, 4.69) is 10.3 Å². The van der Waals surface area contributed by atoms with E-state index in [4.69, 9.17) is 9.47 Å². The van der Waals surface area contributed by atoms with E-state index in [0.29, 0.717) is 31.1 Å². The Kier molecular flexibility index (Phi) is 6.18. The molecule has 6 heteroatoms. The molecule has 2 rings (SSSR count). The first-order valence-electron chi connectivity index (χ1n) is 6.66. The van der Waals surface area contributed by atoms with Gasteiger partial charge in [0.05, 0.1) is 11.2 Å². The van der Waals surface area contributed by atoms with Gasteiger partial charge >= 0.3 is 0 Å². The molecule has 0 aliphatic heterocycles. The van der Waals surface area contributed by atoms with Gasteiger partial charge in [-0.3, -0.25) is 4.79 Å². The molecule has 21 heavy (non-hydrogen) atoms. The lowest BCUT2D eigenvalue weighted by Gasteiger charge is -2.08. The van der Waals surface area contributed by atoms with Crippen LogP contribution in [0.2, 0.25) is 0 Å². The molecule has 0 aliphatic rings. The second-order valence-electron chi connectivity index (χ2n) is 4.40. The van der Waals surface area contributed by atoms with Crippen molar-refractivity contribution in [1.82, 2.24) is 10.3 Å². The van der Waals surface area contributed by atoms with Crippen molar-refractivity contribution < 1.29 is 14.3 Å². The Morgan fingerprint density at radius 2 is 2.33 bits per heavy atom. The summed E-state index contributed by atoms with van der Waals surface area (Å²) in [4.78, 5) is 16.1. The van der Waals surface area contributed by atoms with Crippen LogP contribution in [0.3, 0.4) is 0 Å². The molecule has 0 radical (unpaired) electrons. The lowest BCUT2D eigenvalue weighted by molar-refractivity contribution is 0.0948. The van der Waals surface area contributed by atoms with Gasteiger partial charge in [0.2, 0.25) is 0 Å².